The molecular weight excluding hydrogens is 324 g/mol. The summed E-state index contributed by atoms with van der Waals surface area (Å²) >= 11 is 9.61. The predicted molar refractivity (Wildman–Crippen MR) is 85.7 cm³/mol. The summed E-state index contributed by atoms with van der Waals surface area (Å²) in [6.45, 7) is 2.50. The van der Waals surface area contributed by atoms with E-state index >= 15 is 0 Å². The molecule has 0 saturated heterocycles. The molecule has 0 aliphatic heterocycles. The maximum atomic E-state index is 6.13. The number of hydrogen-bond donors (Lipinski definition) is 2. The van der Waals surface area contributed by atoms with E-state index in [1.165, 1.54) is 0 Å². The smallest absolute Gasteiger partial charge is 0.0636 e. The summed E-state index contributed by atoms with van der Waals surface area (Å²) in [7, 11) is 0. The number of benzene rings is 2. The summed E-state index contributed by atoms with van der Waals surface area (Å²) in [6, 6.07) is 14.1. The third kappa shape index (κ3) is 3.72. The van der Waals surface area contributed by atoms with Gasteiger partial charge in [0, 0.05) is 21.7 Å². The van der Waals surface area contributed by atoms with Gasteiger partial charge in [0.1, 0.15) is 0 Å². The fraction of sp³-hybridized carbons (Fsp3) is 0.200. The van der Waals surface area contributed by atoms with Crippen molar-refractivity contribution in [2.45, 2.75) is 13.0 Å². The highest BCUT2D eigenvalue weighted by molar-refractivity contribution is 9.10. The first-order valence-corrected chi connectivity index (χ1v) is 7.25. The summed E-state index contributed by atoms with van der Waals surface area (Å²) in [5, 5.41) is 4.17. The Balaban J connectivity index is 2.21. The van der Waals surface area contributed by atoms with E-state index in [-0.39, 0.29) is 6.04 Å². The van der Waals surface area contributed by atoms with Crippen LogP contribution in [0.5, 0.6) is 0 Å². The molecule has 0 bridgehead atoms. The Kier molecular flexibility index (Phi) is 4.86. The molecule has 0 amide bonds. The average Bonchev–Trinajstić information content (AvgIpc) is 2.40. The van der Waals surface area contributed by atoms with E-state index in [1.54, 1.807) is 0 Å². The van der Waals surface area contributed by atoms with E-state index < -0.39 is 0 Å². The fourth-order valence-corrected chi connectivity index (χ4v) is 2.48. The van der Waals surface area contributed by atoms with Crippen molar-refractivity contribution < 1.29 is 0 Å². The van der Waals surface area contributed by atoms with Crippen LogP contribution in [0.2, 0.25) is 5.02 Å². The topological polar surface area (TPSA) is 38.0 Å². The van der Waals surface area contributed by atoms with Crippen molar-refractivity contribution in [3.05, 3.63) is 63.1 Å². The molecule has 0 aliphatic rings. The number of anilines is 1. The Bertz CT molecular complexity index is 572. The van der Waals surface area contributed by atoms with E-state index in [1.807, 2.05) is 37.3 Å². The van der Waals surface area contributed by atoms with Crippen molar-refractivity contribution in [1.29, 1.82) is 0 Å². The zero-order valence-electron chi connectivity index (χ0n) is 10.7. The molecule has 19 heavy (non-hydrogen) atoms. The molecule has 0 radical (unpaired) electrons. The molecule has 2 aromatic carbocycles. The number of nitrogens with two attached hydrogens (primary N) is 1. The molecule has 0 saturated carbocycles. The third-order valence-electron chi connectivity index (χ3n) is 3.00. The molecule has 0 spiro atoms. The van der Waals surface area contributed by atoms with Crippen molar-refractivity contribution >= 4 is 33.2 Å². The summed E-state index contributed by atoms with van der Waals surface area (Å²) < 4.78 is 1.05. The monoisotopic (exact) mass is 338 g/mol. The van der Waals surface area contributed by atoms with Crippen LogP contribution in [-0.4, -0.2) is 6.54 Å². The lowest BCUT2D eigenvalue weighted by Gasteiger charge is -2.19. The van der Waals surface area contributed by atoms with Crippen molar-refractivity contribution in [3.63, 3.8) is 0 Å². The van der Waals surface area contributed by atoms with Crippen molar-refractivity contribution in [3.8, 4) is 0 Å². The van der Waals surface area contributed by atoms with Crippen molar-refractivity contribution in [1.82, 2.24) is 0 Å². The number of nitrogens with one attached hydrogen (secondary N) is 1. The van der Waals surface area contributed by atoms with Gasteiger partial charge in [-0.05, 0) is 42.3 Å². The number of hydrogen-bond acceptors (Lipinski definition) is 2. The van der Waals surface area contributed by atoms with Crippen LogP contribution in [0.15, 0.2) is 46.9 Å². The van der Waals surface area contributed by atoms with Gasteiger partial charge in [-0.3, -0.25) is 0 Å². The Hall–Kier alpha value is -1.03. The van der Waals surface area contributed by atoms with E-state index in [9.17, 15) is 0 Å². The maximum absolute atomic E-state index is 6.13. The molecule has 1 unspecified atom stereocenters. The van der Waals surface area contributed by atoms with Crippen LogP contribution in [0.3, 0.4) is 0 Å². The molecule has 0 aromatic heterocycles. The molecule has 2 aromatic rings. The Labute approximate surface area is 127 Å². The van der Waals surface area contributed by atoms with Crippen LogP contribution < -0.4 is 11.1 Å². The lowest BCUT2D eigenvalue weighted by molar-refractivity contribution is 0.789. The van der Waals surface area contributed by atoms with Gasteiger partial charge >= 0.3 is 0 Å². The van der Waals surface area contributed by atoms with Crippen LogP contribution in [0.25, 0.3) is 0 Å². The molecule has 4 heteroatoms. The van der Waals surface area contributed by atoms with Crippen LogP contribution in [0, 0.1) is 6.92 Å². The molecule has 3 N–H and O–H groups in total. The molecule has 0 aliphatic carbocycles. The second-order valence-electron chi connectivity index (χ2n) is 4.45. The van der Waals surface area contributed by atoms with Gasteiger partial charge in [-0.2, -0.15) is 0 Å². The SMILES string of the molecule is Cc1ccc(NC(CN)c2cccc(Br)c2)cc1Cl. The average molecular weight is 340 g/mol. The maximum Gasteiger partial charge on any atom is 0.0636 e. The van der Waals surface area contributed by atoms with E-state index in [2.05, 4.69) is 33.4 Å². The van der Waals surface area contributed by atoms with Crippen molar-refractivity contribution in [2.75, 3.05) is 11.9 Å². The fourth-order valence-electron chi connectivity index (χ4n) is 1.89. The summed E-state index contributed by atoms with van der Waals surface area (Å²) in [5.74, 6) is 0. The number of aryl methyl sites for hydroxylation is 1. The van der Waals surface area contributed by atoms with Crippen LogP contribution in [0.4, 0.5) is 5.69 Å². The van der Waals surface area contributed by atoms with Gasteiger partial charge < -0.3 is 11.1 Å². The quantitative estimate of drug-likeness (QED) is 0.859. The minimum absolute atomic E-state index is 0.0660. The lowest BCUT2D eigenvalue weighted by atomic mass is 10.1. The second kappa shape index (κ2) is 6.42. The minimum Gasteiger partial charge on any atom is -0.377 e. The van der Waals surface area contributed by atoms with Crippen LogP contribution in [-0.2, 0) is 0 Å². The summed E-state index contributed by atoms with van der Waals surface area (Å²) in [5.41, 5.74) is 9.05. The van der Waals surface area contributed by atoms with E-state index in [4.69, 9.17) is 17.3 Å². The number of halogens is 2. The highest BCUT2D eigenvalue weighted by atomic mass is 79.9. The number of rotatable bonds is 4. The van der Waals surface area contributed by atoms with E-state index in [0.717, 1.165) is 26.3 Å². The molecular formula is C15H16BrClN2. The second-order valence-corrected chi connectivity index (χ2v) is 5.77. The Morgan fingerprint density at radius 3 is 2.68 bits per heavy atom. The highest BCUT2D eigenvalue weighted by Crippen LogP contribution is 2.25. The zero-order valence-corrected chi connectivity index (χ0v) is 13.0. The first kappa shape index (κ1) is 14.4. The molecule has 0 heterocycles. The lowest BCUT2D eigenvalue weighted by Crippen LogP contribution is -2.20. The minimum atomic E-state index is 0.0660. The van der Waals surface area contributed by atoms with E-state index in [0.29, 0.717) is 6.54 Å². The first-order chi connectivity index (χ1) is 9.10. The molecule has 1 atom stereocenters. The van der Waals surface area contributed by atoms with Gasteiger partial charge in [0.25, 0.3) is 0 Å². The van der Waals surface area contributed by atoms with Gasteiger partial charge in [-0.15, -0.1) is 0 Å². The predicted octanol–water partition coefficient (Wildman–Crippen LogP) is 4.52. The molecule has 2 rings (SSSR count). The van der Waals surface area contributed by atoms with Gasteiger partial charge in [-0.1, -0.05) is 45.7 Å². The largest absolute Gasteiger partial charge is 0.377 e. The Morgan fingerprint density at radius 2 is 2.05 bits per heavy atom. The molecule has 0 fully saturated rings. The third-order valence-corrected chi connectivity index (χ3v) is 3.90. The van der Waals surface area contributed by atoms with Crippen molar-refractivity contribution in [2.24, 2.45) is 5.73 Å². The van der Waals surface area contributed by atoms with Gasteiger partial charge in [0.2, 0.25) is 0 Å². The van der Waals surface area contributed by atoms with Crippen LogP contribution >= 0.6 is 27.5 Å². The molecule has 100 valence electrons. The highest BCUT2D eigenvalue weighted by Gasteiger charge is 2.10. The van der Waals surface area contributed by atoms with Gasteiger partial charge in [0.15, 0.2) is 0 Å². The Morgan fingerprint density at radius 1 is 1.26 bits per heavy atom. The standard InChI is InChI=1S/C15H16BrClN2/c1-10-5-6-13(8-14(10)17)19-15(9-18)11-3-2-4-12(16)7-11/h2-8,15,19H,9,18H2,1H3. The zero-order chi connectivity index (χ0) is 13.8. The first-order valence-electron chi connectivity index (χ1n) is 6.08. The summed E-state index contributed by atoms with van der Waals surface area (Å²) in [6.07, 6.45) is 0. The van der Waals surface area contributed by atoms with Gasteiger partial charge in [0.05, 0.1) is 6.04 Å². The normalized spacial score (nSPS) is 12.2. The van der Waals surface area contributed by atoms with Crippen LogP contribution in [0.1, 0.15) is 17.2 Å². The summed E-state index contributed by atoms with van der Waals surface area (Å²) in [4.78, 5) is 0. The molecule has 2 nitrogen and oxygen atoms in total. The van der Waals surface area contributed by atoms with Gasteiger partial charge in [-0.25, -0.2) is 0 Å².